The first-order chi connectivity index (χ1) is 18.0. The van der Waals surface area contributed by atoms with E-state index in [1.165, 1.54) is 17.0 Å². The van der Waals surface area contributed by atoms with E-state index in [4.69, 9.17) is 0 Å². The SMILES string of the molecule is CCCCCN(CC(=O)Nc1cc(-c2ccccc2)nn1-c1ccc(F)cc1)C(=O)Nc1ccccc1. The largest absolute Gasteiger partial charge is 0.322 e. The van der Waals surface area contributed by atoms with Crippen molar-refractivity contribution in [2.45, 2.75) is 26.2 Å². The number of rotatable bonds is 10. The highest BCUT2D eigenvalue weighted by atomic mass is 19.1. The number of anilines is 2. The molecule has 1 heterocycles. The summed E-state index contributed by atoms with van der Waals surface area (Å²) in [4.78, 5) is 27.7. The molecule has 4 aromatic rings. The lowest BCUT2D eigenvalue weighted by Gasteiger charge is -2.22. The van der Waals surface area contributed by atoms with Gasteiger partial charge in [0.2, 0.25) is 5.91 Å². The maximum atomic E-state index is 13.5. The van der Waals surface area contributed by atoms with Crippen molar-refractivity contribution in [3.63, 3.8) is 0 Å². The molecule has 0 fully saturated rings. The fraction of sp³-hybridized carbons (Fsp3) is 0.207. The summed E-state index contributed by atoms with van der Waals surface area (Å²) in [5.74, 6) is -0.299. The Labute approximate surface area is 215 Å². The molecule has 3 aromatic carbocycles. The predicted octanol–water partition coefficient (Wildman–Crippen LogP) is 6.34. The molecule has 7 nitrogen and oxygen atoms in total. The lowest BCUT2D eigenvalue weighted by atomic mass is 10.1. The second-order valence-corrected chi connectivity index (χ2v) is 8.64. The molecule has 37 heavy (non-hydrogen) atoms. The van der Waals surface area contributed by atoms with E-state index in [1.54, 1.807) is 35.0 Å². The first-order valence-corrected chi connectivity index (χ1v) is 12.4. The minimum atomic E-state index is -0.364. The minimum Gasteiger partial charge on any atom is -0.315 e. The summed E-state index contributed by atoms with van der Waals surface area (Å²) in [7, 11) is 0. The van der Waals surface area contributed by atoms with Crippen LogP contribution >= 0.6 is 0 Å². The smallest absolute Gasteiger partial charge is 0.315 e. The molecule has 2 N–H and O–H groups in total. The molecular weight excluding hydrogens is 469 g/mol. The average Bonchev–Trinajstić information content (AvgIpc) is 3.33. The van der Waals surface area contributed by atoms with Crippen molar-refractivity contribution in [2.24, 2.45) is 0 Å². The van der Waals surface area contributed by atoms with Gasteiger partial charge in [-0.15, -0.1) is 0 Å². The van der Waals surface area contributed by atoms with Gasteiger partial charge in [-0.3, -0.25) is 4.79 Å². The third kappa shape index (κ3) is 7.04. The van der Waals surface area contributed by atoms with Crippen molar-refractivity contribution in [3.05, 3.63) is 96.8 Å². The van der Waals surface area contributed by atoms with Gasteiger partial charge in [0.25, 0.3) is 0 Å². The van der Waals surface area contributed by atoms with Gasteiger partial charge < -0.3 is 15.5 Å². The molecule has 0 atom stereocenters. The van der Waals surface area contributed by atoms with Gasteiger partial charge in [-0.05, 0) is 42.8 Å². The molecule has 4 rings (SSSR count). The van der Waals surface area contributed by atoms with E-state index in [0.717, 1.165) is 24.8 Å². The Morgan fingerprint density at radius 1 is 0.892 bits per heavy atom. The number of urea groups is 1. The van der Waals surface area contributed by atoms with Crippen molar-refractivity contribution in [1.29, 1.82) is 0 Å². The monoisotopic (exact) mass is 499 g/mol. The highest BCUT2D eigenvalue weighted by Crippen LogP contribution is 2.25. The highest BCUT2D eigenvalue weighted by molar-refractivity contribution is 5.97. The fourth-order valence-electron chi connectivity index (χ4n) is 3.88. The quantitative estimate of drug-likeness (QED) is 0.250. The second-order valence-electron chi connectivity index (χ2n) is 8.64. The maximum Gasteiger partial charge on any atom is 0.322 e. The summed E-state index contributed by atoms with van der Waals surface area (Å²) in [5.41, 5.74) is 2.79. The van der Waals surface area contributed by atoms with Crippen LogP contribution in [0.1, 0.15) is 26.2 Å². The second kappa shape index (κ2) is 12.5. The predicted molar refractivity (Wildman–Crippen MR) is 144 cm³/mol. The van der Waals surface area contributed by atoms with Crippen molar-refractivity contribution in [2.75, 3.05) is 23.7 Å². The molecule has 0 saturated heterocycles. The molecule has 0 aliphatic heterocycles. The molecule has 0 saturated carbocycles. The van der Waals surface area contributed by atoms with Gasteiger partial charge in [-0.2, -0.15) is 5.10 Å². The number of hydrogen-bond acceptors (Lipinski definition) is 3. The van der Waals surface area contributed by atoms with Crippen LogP contribution in [0.4, 0.5) is 20.7 Å². The van der Waals surface area contributed by atoms with Crippen LogP contribution in [0.2, 0.25) is 0 Å². The number of unbranched alkanes of at least 4 members (excludes halogenated alkanes) is 2. The molecule has 0 aliphatic carbocycles. The van der Waals surface area contributed by atoms with Crippen LogP contribution in [0, 0.1) is 5.82 Å². The third-order valence-corrected chi connectivity index (χ3v) is 5.80. The number of aromatic nitrogens is 2. The van der Waals surface area contributed by atoms with Crippen LogP contribution < -0.4 is 10.6 Å². The molecular formula is C29H30FN5O2. The first-order valence-electron chi connectivity index (χ1n) is 12.4. The van der Waals surface area contributed by atoms with Crippen molar-refractivity contribution in [1.82, 2.24) is 14.7 Å². The van der Waals surface area contributed by atoms with Gasteiger partial charge in [-0.25, -0.2) is 13.9 Å². The topological polar surface area (TPSA) is 79.3 Å². The van der Waals surface area contributed by atoms with Crippen LogP contribution in [-0.2, 0) is 4.79 Å². The Kier molecular flexibility index (Phi) is 8.65. The van der Waals surface area contributed by atoms with Gasteiger partial charge in [0.05, 0.1) is 11.4 Å². The summed E-state index contributed by atoms with van der Waals surface area (Å²) >= 11 is 0. The van der Waals surface area contributed by atoms with E-state index in [0.29, 0.717) is 29.4 Å². The number of hydrogen-bond donors (Lipinski definition) is 2. The molecule has 0 bridgehead atoms. The lowest BCUT2D eigenvalue weighted by Crippen LogP contribution is -2.41. The molecule has 3 amide bonds. The number of nitrogens with one attached hydrogen (secondary N) is 2. The normalized spacial score (nSPS) is 10.6. The van der Waals surface area contributed by atoms with Crippen LogP contribution in [0.25, 0.3) is 16.9 Å². The zero-order valence-electron chi connectivity index (χ0n) is 20.7. The average molecular weight is 500 g/mol. The van der Waals surface area contributed by atoms with E-state index < -0.39 is 0 Å². The molecule has 0 radical (unpaired) electrons. The Bertz CT molecular complexity index is 1310. The van der Waals surface area contributed by atoms with Gasteiger partial charge in [0, 0.05) is 23.9 Å². The number of carbonyl (C=O) groups is 2. The number of benzene rings is 3. The van der Waals surface area contributed by atoms with E-state index in [9.17, 15) is 14.0 Å². The summed E-state index contributed by atoms with van der Waals surface area (Å²) in [6, 6.07) is 26.0. The van der Waals surface area contributed by atoms with E-state index >= 15 is 0 Å². The van der Waals surface area contributed by atoms with Crippen LogP contribution in [0.5, 0.6) is 0 Å². The number of amides is 3. The molecule has 0 aliphatic rings. The summed E-state index contributed by atoms with van der Waals surface area (Å²) in [5, 5.41) is 10.4. The highest BCUT2D eigenvalue weighted by Gasteiger charge is 2.20. The van der Waals surface area contributed by atoms with Gasteiger partial charge in [0.15, 0.2) is 0 Å². The summed E-state index contributed by atoms with van der Waals surface area (Å²) in [6.45, 7) is 2.41. The van der Waals surface area contributed by atoms with Gasteiger partial charge >= 0.3 is 6.03 Å². The van der Waals surface area contributed by atoms with E-state index in [-0.39, 0.29) is 24.3 Å². The molecule has 1 aromatic heterocycles. The Morgan fingerprint density at radius 2 is 1.57 bits per heavy atom. The summed E-state index contributed by atoms with van der Waals surface area (Å²) < 4.78 is 15.1. The number of para-hydroxylation sites is 1. The number of carbonyl (C=O) groups excluding carboxylic acids is 2. The molecule has 0 spiro atoms. The fourth-order valence-corrected chi connectivity index (χ4v) is 3.88. The summed E-state index contributed by atoms with van der Waals surface area (Å²) in [6.07, 6.45) is 2.74. The minimum absolute atomic E-state index is 0.127. The maximum absolute atomic E-state index is 13.5. The van der Waals surface area contributed by atoms with E-state index in [2.05, 4.69) is 22.7 Å². The zero-order chi connectivity index (χ0) is 26.0. The van der Waals surface area contributed by atoms with Crippen molar-refractivity contribution >= 4 is 23.4 Å². The number of nitrogens with zero attached hydrogens (tertiary/aromatic N) is 3. The van der Waals surface area contributed by atoms with Crippen LogP contribution in [-0.4, -0.2) is 39.7 Å². The van der Waals surface area contributed by atoms with E-state index in [1.807, 2.05) is 48.5 Å². The lowest BCUT2D eigenvalue weighted by molar-refractivity contribution is -0.116. The first kappa shape index (κ1) is 25.6. The van der Waals surface area contributed by atoms with Crippen LogP contribution in [0.15, 0.2) is 91.0 Å². The Balaban J connectivity index is 1.55. The standard InChI is InChI=1S/C29H30FN5O2/c1-2-3-10-19-34(29(37)31-24-13-8-5-9-14-24)21-28(36)32-27-20-26(22-11-6-4-7-12-22)33-35(27)25-17-15-23(30)16-18-25/h4-9,11-18,20H,2-3,10,19,21H2,1H3,(H,31,37)(H,32,36). The van der Waals surface area contributed by atoms with Crippen LogP contribution in [0.3, 0.4) is 0 Å². The number of halogens is 1. The van der Waals surface area contributed by atoms with Gasteiger partial charge in [0.1, 0.15) is 18.2 Å². The molecule has 0 unspecified atom stereocenters. The zero-order valence-corrected chi connectivity index (χ0v) is 20.7. The Hall–Kier alpha value is -4.46. The van der Waals surface area contributed by atoms with Gasteiger partial charge in [-0.1, -0.05) is 68.3 Å². The van der Waals surface area contributed by atoms with Crippen molar-refractivity contribution in [3.8, 4) is 16.9 Å². The molecule has 190 valence electrons. The Morgan fingerprint density at radius 3 is 2.24 bits per heavy atom. The third-order valence-electron chi connectivity index (χ3n) is 5.80. The van der Waals surface area contributed by atoms with Crippen molar-refractivity contribution < 1.29 is 14.0 Å². The molecule has 8 heteroatoms.